The lowest BCUT2D eigenvalue weighted by atomic mass is 10.0. The zero-order chi connectivity index (χ0) is 39.4. The minimum atomic E-state index is -1.16. The molecule has 0 heterocycles. The Morgan fingerprint density at radius 3 is 1.07 bits per heavy atom. The van der Waals surface area contributed by atoms with Crippen LogP contribution in [-0.2, 0) is 4.79 Å². The summed E-state index contributed by atoms with van der Waals surface area (Å²) in [5.74, 6) is -0.153. The molecule has 4 N–H and O–H groups in total. The number of hydrogen-bond acceptors (Lipinski definition) is 4. The number of hydrogen-bond donors (Lipinski definition) is 4. The van der Waals surface area contributed by atoms with Gasteiger partial charge in [0.1, 0.15) is 6.10 Å². The van der Waals surface area contributed by atoms with Gasteiger partial charge in [-0.1, -0.05) is 212 Å². The van der Waals surface area contributed by atoms with Crippen LogP contribution in [0, 0.1) is 0 Å². The first-order valence-electron chi connectivity index (χ1n) is 24.1. The van der Waals surface area contributed by atoms with Crippen LogP contribution < -0.4 is 5.32 Å². The highest BCUT2D eigenvalue weighted by Gasteiger charge is 2.26. The van der Waals surface area contributed by atoms with Gasteiger partial charge < -0.3 is 20.6 Å². The maximum absolute atomic E-state index is 12.4. The lowest BCUT2D eigenvalue weighted by Crippen LogP contribution is -2.50. The number of aliphatic hydroxyl groups excluding tert-OH is 3. The van der Waals surface area contributed by atoms with E-state index in [4.69, 9.17) is 0 Å². The van der Waals surface area contributed by atoms with Gasteiger partial charge in [-0.25, -0.2) is 0 Å². The molecule has 3 unspecified atom stereocenters. The van der Waals surface area contributed by atoms with E-state index in [0.29, 0.717) is 12.8 Å². The number of nitrogens with one attached hydrogen (secondary N) is 1. The largest absolute Gasteiger partial charge is 0.394 e. The van der Waals surface area contributed by atoms with E-state index in [1.807, 2.05) is 0 Å². The lowest BCUT2D eigenvalue weighted by molar-refractivity contribution is -0.124. The first-order valence-corrected chi connectivity index (χ1v) is 24.1. The molecule has 0 fully saturated rings. The minimum absolute atomic E-state index is 0.153. The Kier molecular flexibility index (Phi) is 43.6. The van der Waals surface area contributed by atoms with Gasteiger partial charge in [0.15, 0.2) is 0 Å². The second-order valence-electron chi connectivity index (χ2n) is 16.7. The number of aliphatic hydroxyl groups is 3. The van der Waals surface area contributed by atoms with Crippen LogP contribution >= 0.6 is 0 Å². The van der Waals surface area contributed by atoms with Crippen LogP contribution in [0.2, 0.25) is 0 Å². The van der Waals surface area contributed by atoms with Crippen LogP contribution in [0.15, 0.2) is 24.3 Å². The standard InChI is InChI=1S/C49H95NO4/c1-3-5-7-9-11-13-15-17-18-19-20-21-22-23-24-25-26-27-28-29-30-32-34-36-38-40-42-44-48(53)50-46(45-51)49(54)47(52)43-41-39-37-35-33-31-16-14-12-10-8-6-4-2/h23-24,35,37,46-47,49,51-52,54H,3-22,25-34,36,38-45H2,1-2H3,(H,50,53)/b24-23-,37-35+. The van der Waals surface area contributed by atoms with Crippen LogP contribution in [0.3, 0.4) is 0 Å². The van der Waals surface area contributed by atoms with Gasteiger partial charge in [0, 0.05) is 6.42 Å². The highest BCUT2D eigenvalue weighted by molar-refractivity contribution is 5.76. The van der Waals surface area contributed by atoms with Crippen molar-refractivity contribution in [3.05, 3.63) is 24.3 Å². The van der Waals surface area contributed by atoms with Crippen LogP contribution in [0.4, 0.5) is 0 Å². The molecule has 0 aromatic rings. The smallest absolute Gasteiger partial charge is 0.220 e. The second kappa shape index (κ2) is 44.5. The molecule has 0 rings (SSSR count). The predicted molar refractivity (Wildman–Crippen MR) is 236 cm³/mol. The Balaban J connectivity index is 3.56. The van der Waals surface area contributed by atoms with Gasteiger partial charge in [-0.05, 0) is 64.2 Å². The van der Waals surface area contributed by atoms with E-state index in [-0.39, 0.29) is 12.5 Å². The van der Waals surface area contributed by atoms with E-state index < -0.39 is 18.2 Å². The minimum Gasteiger partial charge on any atom is -0.394 e. The number of carbonyl (C=O) groups excluding carboxylic acids is 1. The topological polar surface area (TPSA) is 89.8 Å². The summed E-state index contributed by atoms with van der Waals surface area (Å²) in [5.41, 5.74) is 0. The average Bonchev–Trinajstić information content (AvgIpc) is 3.18. The molecule has 0 aromatic heterocycles. The van der Waals surface area contributed by atoms with Crippen molar-refractivity contribution < 1.29 is 20.1 Å². The van der Waals surface area contributed by atoms with Gasteiger partial charge in [-0.3, -0.25) is 4.79 Å². The van der Waals surface area contributed by atoms with E-state index in [1.54, 1.807) is 0 Å². The summed E-state index contributed by atoms with van der Waals surface area (Å²) >= 11 is 0. The van der Waals surface area contributed by atoms with Crippen LogP contribution in [-0.4, -0.2) is 46.1 Å². The molecular weight excluding hydrogens is 667 g/mol. The average molecular weight is 762 g/mol. The summed E-state index contributed by atoms with van der Waals surface area (Å²) in [6.45, 7) is 4.17. The second-order valence-corrected chi connectivity index (χ2v) is 16.7. The van der Waals surface area contributed by atoms with Crippen LogP contribution in [0.5, 0.6) is 0 Å². The molecule has 320 valence electrons. The third-order valence-electron chi connectivity index (χ3n) is 11.3. The highest BCUT2D eigenvalue weighted by Crippen LogP contribution is 2.16. The van der Waals surface area contributed by atoms with Crippen molar-refractivity contribution in [1.82, 2.24) is 5.32 Å². The molecule has 5 nitrogen and oxygen atoms in total. The van der Waals surface area contributed by atoms with Crippen LogP contribution in [0.25, 0.3) is 0 Å². The molecule has 3 atom stereocenters. The maximum Gasteiger partial charge on any atom is 0.220 e. The summed E-state index contributed by atoms with van der Waals surface area (Å²) in [6, 6.07) is -0.824. The molecule has 0 spiro atoms. The van der Waals surface area contributed by atoms with Crippen molar-refractivity contribution in [1.29, 1.82) is 0 Å². The number of carbonyl (C=O) groups is 1. The highest BCUT2D eigenvalue weighted by atomic mass is 16.3. The van der Waals surface area contributed by atoms with Gasteiger partial charge >= 0.3 is 0 Å². The molecule has 0 aliphatic heterocycles. The number of amides is 1. The summed E-state index contributed by atoms with van der Waals surface area (Å²) in [7, 11) is 0. The van der Waals surface area contributed by atoms with Crippen LogP contribution in [0.1, 0.15) is 258 Å². The monoisotopic (exact) mass is 762 g/mol. The van der Waals surface area contributed by atoms with E-state index in [1.165, 1.54) is 193 Å². The normalized spacial score (nSPS) is 13.6. The van der Waals surface area contributed by atoms with E-state index >= 15 is 0 Å². The zero-order valence-corrected chi connectivity index (χ0v) is 36.4. The number of allylic oxidation sites excluding steroid dienone is 4. The van der Waals surface area contributed by atoms with E-state index in [0.717, 1.165) is 38.5 Å². The van der Waals surface area contributed by atoms with Crippen molar-refractivity contribution in [3.63, 3.8) is 0 Å². The Morgan fingerprint density at radius 2 is 0.741 bits per heavy atom. The summed E-state index contributed by atoms with van der Waals surface area (Å²) in [5, 5.41) is 33.5. The van der Waals surface area contributed by atoms with Crippen molar-refractivity contribution >= 4 is 5.91 Å². The van der Waals surface area contributed by atoms with Gasteiger partial charge in [0.05, 0.1) is 18.8 Å². The molecular formula is C49H95NO4. The maximum atomic E-state index is 12.4. The molecule has 1 amide bonds. The molecule has 0 saturated heterocycles. The lowest BCUT2D eigenvalue weighted by Gasteiger charge is -2.26. The molecule has 54 heavy (non-hydrogen) atoms. The Morgan fingerprint density at radius 1 is 0.444 bits per heavy atom. The fourth-order valence-electron chi connectivity index (χ4n) is 7.51. The fourth-order valence-corrected chi connectivity index (χ4v) is 7.51. The molecule has 0 radical (unpaired) electrons. The van der Waals surface area contributed by atoms with E-state index in [2.05, 4.69) is 43.5 Å². The molecule has 5 heteroatoms. The summed E-state index contributed by atoms with van der Waals surface area (Å²) in [6.07, 6.45) is 54.5. The van der Waals surface area contributed by atoms with Gasteiger partial charge in [-0.2, -0.15) is 0 Å². The Bertz CT molecular complexity index is 799. The predicted octanol–water partition coefficient (Wildman–Crippen LogP) is 14.2. The molecule has 0 bridgehead atoms. The zero-order valence-electron chi connectivity index (χ0n) is 36.4. The quantitative estimate of drug-likeness (QED) is 0.0368. The number of rotatable bonds is 44. The van der Waals surface area contributed by atoms with Gasteiger partial charge in [-0.15, -0.1) is 0 Å². The van der Waals surface area contributed by atoms with Gasteiger partial charge in [0.2, 0.25) is 5.91 Å². The Hall–Kier alpha value is -1.17. The molecule has 0 saturated carbocycles. The first kappa shape index (κ1) is 52.8. The first-order chi connectivity index (χ1) is 26.6. The fraction of sp³-hybridized carbons (Fsp3) is 0.898. The van der Waals surface area contributed by atoms with Gasteiger partial charge in [0.25, 0.3) is 0 Å². The molecule has 0 aromatic carbocycles. The van der Waals surface area contributed by atoms with Crippen molar-refractivity contribution in [2.24, 2.45) is 0 Å². The third-order valence-corrected chi connectivity index (χ3v) is 11.3. The summed E-state index contributed by atoms with van der Waals surface area (Å²) in [4.78, 5) is 12.4. The molecule has 0 aliphatic rings. The van der Waals surface area contributed by atoms with Crippen molar-refractivity contribution in [2.75, 3.05) is 6.61 Å². The van der Waals surface area contributed by atoms with E-state index in [9.17, 15) is 20.1 Å². The third kappa shape index (κ3) is 39.1. The summed E-state index contributed by atoms with van der Waals surface area (Å²) < 4.78 is 0. The van der Waals surface area contributed by atoms with Crippen molar-refractivity contribution in [2.45, 2.75) is 276 Å². The SMILES string of the molecule is CCCCCCCCCC/C=C/CCCC(O)C(O)C(CO)NC(=O)CCCCCCCCCCCCC/C=C\CCCCCCCCCCCCCC. The number of unbranched alkanes of at least 4 members (excludes halogenated alkanes) is 32. The Labute approximate surface area is 337 Å². The molecule has 0 aliphatic carbocycles. The van der Waals surface area contributed by atoms with Crippen molar-refractivity contribution in [3.8, 4) is 0 Å².